The molecule has 0 aromatic heterocycles. The Morgan fingerprint density at radius 2 is 1.81 bits per heavy atom. The van der Waals surface area contributed by atoms with Gasteiger partial charge in [0.1, 0.15) is 0 Å². The highest BCUT2D eigenvalue weighted by Crippen LogP contribution is 2.04. The molecule has 4 nitrogen and oxygen atoms in total. The lowest BCUT2D eigenvalue weighted by molar-refractivity contribution is 0.0344. The average molecular weight is 301 g/mol. The molecule has 1 atom stereocenters. The van der Waals surface area contributed by atoms with Crippen LogP contribution in [0.4, 0.5) is 0 Å². The Morgan fingerprint density at radius 3 is 2.52 bits per heavy atom. The minimum Gasteiger partial charge on any atom is -0.389 e. The molecule has 0 amide bonds. The van der Waals surface area contributed by atoms with Gasteiger partial charge in [-0.15, -0.1) is 0 Å². The number of aliphatic hydroxyl groups excluding tert-OH is 1. The molecule has 0 radical (unpaired) electrons. The Kier molecular flexibility index (Phi) is 15.6. The average Bonchev–Trinajstić information content (AvgIpc) is 2.45. The van der Waals surface area contributed by atoms with Gasteiger partial charge < -0.3 is 19.9 Å². The maximum Gasteiger partial charge on any atom is 0.0897 e. The van der Waals surface area contributed by atoms with Gasteiger partial charge in [0.25, 0.3) is 0 Å². The van der Waals surface area contributed by atoms with Crippen molar-refractivity contribution in [2.75, 3.05) is 39.5 Å². The highest BCUT2D eigenvalue weighted by Gasteiger charge is 2.03. The van der Waals surface area contributed by atoms with Gasteiger partial charge in [0.05, 0.1) is 25.9 Å². The Morgan fingerprint density at radius 1 is 1.10 bits per heavy atom. The Labute approximate surface area is 130 Å². The molecule has 2 N–H and O–H groups in total. The molecule has 0 aliphatic carbocycles. The third-order valence-electron chi connectivity index (χ3n) is 3.10. The molecule has 0 spiro atoms. The highest BCUT2D eigenvalue weighted by molar-refractivity contribution is 4.87. The van der Waals surface area contributed by atoms with Crippen LogP contribution in [0.2, 0.25) is 0 Å². The van der Waals surface area contributed by atoms with E-state index in [2.05, 4.69) is 18.8 Å². The van der Waals surface area contributed by atoms with Gasteiger partial charge in [-0.2, -0.15) is 0 Å². The molecule has 0 bridgehead atoms. The quantitative estimate of drug-likeness (QED) is 0.340. The zero-order valence-electron chi connectivity index (χ0n) is 14.0. The lowest BCUT2D eigenvalue weighted by atomic mass is 10.1. The zero-order chi connectivity index (χ0) is 15.8. The standard InChI is InChI=1S/C17H35NO3/c1-4-5-6-7-8-9-11-20-15-17(19)13-18-10-12-21-14-16(2)3/h17-19H,2,4-15H2,1,3H3. The number of hydrogen-bond acceptors (Lipinski definition) is 4. The molecule has 0 aliphatic rings. The van der Waals surface area contributed by atoms with Crippen LogP contribution in [0.3, 0.4) is 0 Å². The first-order valence-corrected chi connectivity index (χ1v) is 8.35. The van der Waals surface area contributed by atoms with Gasteiger partial charge in [-0.3, -0.25) is 0 Å². The van der Waals surface area contributed by atoms with Gasteiger partial charge in [0.15, 0.2) is 0 Å². The molecule has 0 fully saturated rings. The smallest absolute Gasteiger partial charge is 0.0897 e. The maximum absolute atomic E-state index is 9.72. The Bertz CT molecular complexity index is 234. The van der Waals surface area contributed by atoms with Crippen molar-refractivity contribution < 1.29 is 14.6 Å². The van der Waals surface area contributed by atoms with Gasteiger partial charge in [-0.25, -0.2) is 0 Å². The highest BCUT2D eigenvalue weighted by atomic mass is 16.5. The van der Waals surface area contributed by atoms with E-state index in [1.54, 1.807) is 0 Å². The Hall–Kier alpha value is -0.420. The molecule has 0 heterocycles. The first kappa shape index (κ1) is 20.6. The van der Waals surface area contributed by atoms with E-state index in [1.165, 1.54) is 32.1 Å². The molecule has 0 saturated heterocycles. The number of aliphatic hydroxyl groups is 1. The maximum atomic E-state index is 9.72. The van der Waals surface area contributed by atoms with Crippen LogP contribution in [0.15, 0.2) is 12.2 Å². The van der Waals surface area contributed by atoms with Crippen molar-refractivity contribution in [2.45, 2.75) is 58.5 Å². The van der Waals surface area contributed by atoms with Crippen molar-refractivity contribution in [3.63, 3.8) is 0 Å². The van der Waals surface area contributed by atoms with Gasteiger partial charge in [-0.1, -0.05) is 51.2 Å². The molecule has 21 heavy (non-hydrogen) atoms. The van der Waals surface area contributed by atoms with E-state index in [-0.39, 0.29) is 0 Å². The van der Waals surface area contributed by atoms with Crippen LogP contribution in [-0.4, -0.2) is 50.7 Å². The largest absolute Gasteiger partial charge is 0.389 e. The van der Waals surface area contributed by atoms with Gasteiger partial charge >= 0.3 is 0 Å². The molecular formula is C17H35NO3. The van der Waals surface area contributed by atoms with E-state index in [0.717, 1.165) is 25.1 Å². The van der Waals surface area contributed by atoms with Crippen LogP contribution < -0.4 is 5.32 Å². The predicted octanol–water partition coefficient (Wildman–Crippen LogP) is 2.91. The minimum absolute atomic E-state index is 0.411. The zero-order valence-corrected chi connectivity index (χ0v) is 14.0. The lowest BCUT2D eigenvalue weighted by Crippen LogP contribution is -2.32. The summed E-state index contributed by atoms with van der Waals surface area (Å²) in [4.78, 5) is 0. The van der Waals surface area contributed by atoms with Crippen molar-refractivity contribution in [1.82, 2.24) is 5.32 Å². The van der Waals surface area contributed by atoms with E-state index in [9.17, 15) is 5.11 Å². The fraction of sp³-hybridized carbons (Fsp3) is 0.882. The van der Waals surface area contributed by atoms with Crippen molar-refractivity contribution in [3.05, 3.63) is 12.2 Å². The summed E-state index contributed by atoms with van der Waals surface area (Å²) < 4.78 is 10.8. The van der Waals surface area contributed by atoms with E-state index >= 15 is 0 Å². The minimum atomic E-state index is -0.439. The number of ether oxygens (including phenoxy) is 2. The van der Waals surface area contributed by atoms with Crippen molar-refractivity contribution in [2.24, 2.45) is 0 Å². The van der Waals surface area contributed by atoms with Crippen molar-refractivity contribution in [3.8, 4) is 0 Å². The summed E-state index contributed by atoms with van der Waals surface area (Å²) >= 11 is 0. The first-order chi connectivity index (χ1) is 10.2. The molecule has 0 saturated carbocycles. The fourth-order valence-corrected chi connectivity index (χ4v) is 1.92. The second-order valence-electron chi connectivity index (χ2n) is 5.71. The second kappa shape index (κ2) is 16.0. The molecule has 0 aliphatic heterocycles. The summed E-state index contributed by atoms with van der Waals surface area (Å²) in [6.45, 7) is 11.6. The van der Waals surface area contributed by atoms with Crippen molar-refractivity contribution >= 4 is 0 Å². The van der Waals surface area contributed by atoms with Gasteiger partial charge in [-0.05, 0) is 13.3 Å². The molecule has 126 valence electrons. The number of hydrogen-bond donors (Lipinski definition) is 2. The van der Waals surface area contributed by atoms with Crippen LogP contribution in [0.5, 0.6) is 0 Å². The third kappa shape index (κ3) is 17.5. The van der Waals surface area contributed by atoms with Crippen molar-refractivity contribution in [1.29, 1.82) is 0 Å². The molecule has 0 aromatic rings. The summed E-state index contributed by atoms with van der Waals surface area (Å²) in [5.41, 5.74) is 1.03. The van der Waals surface area contributed by atoms with Gasteiger partial charge in [0.2, 0.25) is 0 Å². The molecule has 1 unspecified atom stereocenters. The van der Waals surface area contributed by atoms with Crippen LogP contribution in [0.25, 0.3) is 0 Å². The fourth-order valence-electron chi connectivity index (χ4n) is 1.92. The molecule has 4 heteroatoms. The monoisotopic (exact) mass is 301 g/mol. The summed E-state index contributed by atoms with van der Waals surface area (Å²) in [5, 5.41) is 12.9. The normalized spacial score (nSPS) is 12.5. The second-order valence-corrected chi connectivity index (χ2v) is 5.71. The summed E-state index contributed by atoms with van der Waals surface area (Å²) in [6, 6.07) is 0. The summed E-state index contributed by atoms with van der Waals surface area (Å²) in [6.07, 6.45) is 7.13. The van der Waals surface area contributed by atoms with E-state index in [4.69, 9.17) is 9.47 Å². The van der Waals surface area contributed by atoms with E-state index in [0.29, 0.717) is 26.4 Å². The molecule has 0 rings (SSSR count). The van der Waals surface area contributed by atoms with Crippen LogP contribution in [0.1, 0.15) is 52.4 Å². The molecular weight excluding hydrogens is 266 g/mol. The number of nitrogens with one attached hydrogen (secondary N) is 1. The predicted molar refractivity (Wildman–Crippen MR) is 88.7 cm³/mol. The topological polar surface area (TPSA) is 50.7 Å². The summed E-state index contributed by atoms with van der Waals surface area (Å²) in [5.74, 6) is 0. The number of rotatable bonds is 16. The van der Waals surface area contributed by atoms with E-state index < -0.39 is 6.10 Å². The van der Waals surface area contributed by atoms with Crippen LogP contribution in [-0.2, 0) is 9.47 Å². The Balaban J connectivity index is 3.16. The van der Waals surface area contributed by atoms with Crippen LogP contribution in [0, 0.1) is 0 Å². The third-order valence-corrected chi connectivity index (χ3v) is 3.10. The van der Waals surface area contributed by atoms with Gasteiger partial charge in [0, 0.05) is 19.7 Å². The van der Waals surface area contributed by atoms with Crippen LogP contribution >= 0.6 is 0 Å². The van der Waals surface area contributed by atoms with E-state index in [1.807, 2.05) is 6.92 Å². The molecule has 0 aromatic carbocycles. The number of unbranched alkanes of at least 4 members (excludes halogenated alkanes) is 5. The lowest BCUT2D eigenvalue weighted by Gasteiger charge is -2.12. The SMILES string of the molecule is C=C(C)COCCNCC(O)COCCCCCCCC. The summed E-state index contributed by atoms with van der Waals surface area (Å²) in [7, 11) is 0. The first-order valence-electron chi connectivity index (χ1n) is 8.35.